The van der Waals surface area contributed by atoms with Gasteiger partial charge in [-0.1, -0.05) is 0 Å². The number of rotatable bonds is 8. The molecule has 0 spiro atoms. The Hall–Kier alpha value is -1.44. The molecule has 1 rings (SSSR count). The van der Waals surface area contributed by atoms with E-state index in [1.807, 2.05) is 6.92 Å². The summed E-state index contributed by atoms with van der Waals surface area (Å²) in [5, 5.41) is 0. The summed E-state index contributed by atoms with van der Waals surface area (Å²) in [6, 6.07) is 0. The summed E-state index contributed by atoms with van der Waals surface area (Å²) in [6.07, 6.45) is 1.74. The molecule has 102 valence electrons. The Morgan fingerprint density at radius 2 is 1.89 bits per heavy atom. The number of methoxy groups -OCH3 is 2. The standard InChI is InChI=1S/C11H21N5O2/c1-9-8-13-11(15-12)14-10(9)16(4-6-17-2)5-7-18-3/h8H,4-7,12H2,1-3H3,(H,13,14,15). The maximum atomic E-state index is 5.33. The zero-order chi connectivity index (χ0) is 13.4. The molecule has 0 atom stereocenters. The first-order valence-corrected chi connectivity index (χ1v) is 5.76. The van der Waals surface area contributed by atoms with Gasteiger partial charge in [-0.15, -0.1) is 0 Å². The summed E-state index contributed by atoms with van der Waals surface area (Å²) in [7, 11) is 3.35. The Morgan fingerprint density at radius 3 is 2.39 bits per heavy atom. The lowest BCUT2D eigenvalue weighted by molar-refractivity contribution is 0.190. The van der Waals surface area contributed by atoms with Crippen LogP contribution in [-0.4, -0.2) is 50.5 Å². The van der Waals surface area contributed by atoms with E-state index in [-0.39, 0.29) is 0 Å². The van der Waals surface area contributed by atoms with Crippen LogP contribution in [0.25, 0.3) is 0 Å². The molecule has 0 unspecified atom stereocenters. The molecule has 0 fully saturated rings. The van der Waals surface area contributed by atoms with Crippen molar-refractivity contribution in [1.29, 1.82) is 0 Å². The van der Waals surface area contributed by atoms with Crippen molar-refractivity contribution in [3.8, 4) is 0 Å². The van der Waals surface area contributed by atoms with Crippen LogP contribution in [0.5, 0.6) is 0 Å². The van der Waals surface area contributed by atoms with Crippen molar-refractivity contribution in [2.24, 2.45) is 5.84 Å². The number of hydrazine groups is 1. The number of nitrogen functional groups attached to an aromatic ring is 1. The summed E-state index contributed by atoms with van der Waals surface area (Å²) in [5.41, 5.74) is 3.44. The van der Waals surface area contributed by atoms with Gasteiger partial charge < -0.3 is 14.4 Å². The van der Waals surface area contributed by atoms with E-state index < -0.39 is 0 Å². The maximum absolute atomic E-state index is 5.33. The molecule has 0 aliphatic rings. The lowest BCUT2D eigenvalue weighted by Gasteiger charge is -2.24. The van der Waals surface area contributed by atoms with Gasteiger partial charge in [-0.3, -0.25) is 5.43 Å². The molecule has 0 amide bonds. The molecule has 18 heavy (non-hydrogen) atoms. The van der Waals surface area contributed by atoms with E-state index in [2.05, 4.69) is 20.3 Å². The zero-order valence-electron chi connectivity index (χ0n) is 11.1. The fourth-order valence-electron chi connectivity index (χ4n) is 1.55. The van der Waals surface area contributed by atoms with Crippen LogP contribution < -0.4 is 16.2 Å². The average molecular weight is 255 g/mol. The molecule has 1 heterocycles. The molecule has 0 aromatic carbocycles. The molecule has 7 nitrogen and oxygen atoms in total. The number of nitrogens with two attached hydrogens (primary N) is 1. The van der Waals surface area contributed by atoms with Crippen molar-refractivity contribution >= 4 is 11.8 Å². The van der Waals surface area contributed by atoms with Gasteiger partial charge in [-0.05, 0) is 6.92 Å². The second-order valence-corrected chi connectivity index (χ2v) is 3.82. The topological polar surface area (TPSA) is 85.5 Å². The monoisotopic (exact) mass is 255 g/mol. The van der Waals surface area contributed by atoms with Gasteiger partial charge in [0.2, 0.25) is 5.95 Å². The van der Waals surface area contributed by atoms with Gasteiger partial charge in [0.05, 0.1) is 13.2 Å². The van der Waals surface area contributed by atoms with E-state index in [9.17, 15) is 0 Å². The highest BCUT2D eigenvalue weighted by Gasteiger charge is 2.12. The molecule has 3 N–H and O–H groups in total. The number of hydrogen-bond donors (Lipinski definition) is 2. The van der Waals surface area contributed by atoms with Crippen molar-refractivity contribution in [2.45, 2.75) is 6.92 Å². The van der Waals surface area contributed by atoms with Crippen LogP contribution in [0.1, 0.15) is 5.56 Å². The van der Waals surface area contributed by atoms with Crippen LogP contribution in [-0.2, 0) is 9.47 Å². The molecule has 0 radical (unpaired) electrons. The van der Waals surface area contributed by atoms with E-state index in [1.54, 1.807) is 20.4 Å². The van der Waals surface area contributed by atoms with E-state index in [0.717, 1.165) is 24.5 Å². The summed E-state index contributed by atoms with van der Waals surface area (Å²) in [6.45, 7) is 4.68. The van der Waals surface area contributed by atoms with Gasteiger partial charge >= 0.3 is 0 Å². The molecule has 0 aliphatic carbocycles. The molecular formula is C11H21N5O2. The van der Waals surface area contributed by atoms with Gasteiger partial charge in [0.15, 0.2) is 0 Å². The second-order valence-electron chi connectivity index (χ2n) is 3.82. The number of hydrogen-bond acceptors (Lipinski definition) is 7. The highest BCUT2D eigenvalue weighted by molar-refractivity contribution is 5.48. The lowest BCUT2D eigenvalue weighted by Crippen LogP contribution is -2.32. The van der Waals surface area contributed by atoms with E-state index in [0.29, 0.717) is 19.2 Å². The van der Waals surface area contributed by atoms with Crippen LogP contribution in [0, 0.1) is 6.92 Å². The Morgan fingerprint density at radius 1 is 1.28 bits per heavy atom. The third-order valence-electron chi connectivity index (χ3n) is 2.50. The Kier molecular flexibility index (Phi) is 6.34. The van der Waals surface area contributed by atoms with Crippen molar-refractivity contribution in [3.05, 3.63) is 11.8 Å². The largest absolute Gasteiger partial charge is 0.383 e. The van der Waals surface area contributed by atoms with Gasteiger partial charge in [-0.25, -0.2) is 10.8 Å². The average Bonchev–Trinajstić information content (AvgIpc) is 2.40. The Bertz CT molecular complexity index is 353. The van der Waals surface area contributed by atoms with Crippen LogP contribution in [0.4, 0.5) is 11.8 Å². The highest BCUT2D eigenvalue weighted by atomic mass is 16.5. The molecule has 7 heteroatoms. The summed E-state index contributed by atoms with van der Waals surface area (Å²) in [5.74, 6) is 6.56. The number of aromatic nitrogens is 2. The lowest BCUT2D eigenvalue weighted by atomic mass is 10.3. The summed E-state index contributed by atoms with van der Waals surface area (Å²) in [4.78, 5) is 10.5. The number of nitrogens with one attached hydrogen (secondary N) is 1. The number of ether oxygens (including phenoxy) is 2. The van der Waals surface area contributed by atoms with Crippen LogP contribution in [0.2, 0.25) is 0 Å². The summed E-state index contributed by atoms with van der Waals surface area (Å²) < 4.78 is 10.2. The fraction of sp³-hybridized carbons (Fsp3) is 0.636. The van der Waals surface area contributed by atoms with Gasteiger partial charge in [0, 0.05) is 39.1 Å². The molecule has 0 saturated carbocycles. The minimum atomic E-state index is 0.399. The third kappa shape index (κ3) is 4.10. The molecule has 1 aromatic heterocycles. The maximum Gasteiger partial charge on any atom is 0.239 e. The van der Waals surface area contributed by atoms with Crippen LogP contribution >= 0.6 is 0 Å². The first-order chi connectivity index (χ1) is 8.72. The number of anilines is 2. The molecule has 0 saturated heterocycles. The van der Waals surface area contributed by atoms with Crippen molar-refractivity contribution < 1.29 is 9.47 Å². The molecule has 0 bridgehead atoms. The Labute approximate surface area is 107 Å². The predicted molar refractivity (Wildman–Crippen MR) is 70.5 cm³/mol. The SMILES string of the molecule is COCCN(CCOC)c1nc(NN)ncc1C. The van der Waals surface area contributed by atoms with Gasteiger partial charge in [-0.2, -0.15) is 4.98 Å². The second kappa shape index (κ2) is 7.80. The summed E-state index contributed by atoms with van der Waals surface area (Å²) >= 11 is 0. The Balaban J connectivity index is 2.87. The number of nitrogens with zero attached hydrogens (tertiary/aromatic N) is 3. The van der Waals surface area contributed by atoms with E-state index in [4.69, 9.17) is 15.3 Å². The van der Waals surface area contributed by atoms with E-state index in [1.165, 1.54) is 0 Å². The first-order valence-electron chi connectivity index (χ1n) is 5.76. The van der Waals surface area contributed by atoms with Gasteiger partial charge in [0.1, 0.15) is 5.82 Å². The third-order valence-corrected chi connectivity index (χ3v) is 2.50. The van der Waals surface area contributed by atoms with E-state index >= 15 is 0 Å². The quantitative estimate of drug-likeness (QED) is 0.506. The first kappa shape index (κ1) is 14.6. The predicted octanol–water partition coefficient (Wildman–Crippen LogP) is 0.170. The normalized spacial score (nSPS) is 10.4. The smallest absolute Gasteiger partial charge is 0.239 e. The molecule has 0 aliphatic heterocycles. The van der Waals surface area contributed by atoms with Crippen LogP contribution in [0.15, 0.2) is 6.20 Å². The highest BCUT2D eigenvalue weighted by Crippen LogP contribution is 2.17. The minimum absolute atomic E-state index is 0.399. The molecule has 1 aromatic rings. The fourth-order valence-corrected chi connectivity index (χ4v) is 1.55. The van der Waals surface area contributed by atoms with Crippen molar-refractivity contribution in [2.75, 3.05) is 50.8 Å². The van der Waals surface area contributed by atoms with Gasteiger partial charge in [0.25, 0.3) is 0 Å². The van der Waals surface area contributed by atoms with Crippen molar-refractivity contribution in [1.82, 2.24) is 9.97 Å². The van der Waals surface area contributed by atoms with Crippen LogP contribution in [0.3, 0.4) is 0 Å². The minimum Gasteiger partial charge on any atom is -0.383 e. The van der Waals surface area contributed by atoms with Crippen molar-refractivity contribution in [3.63, 3.8) is 0 Å². The molecular weight excluding hydrogens is 234 g/mol. The zero-order valence-corrected chi connectivity index (χ0v) is 11.1. The number of aryl methyl sites for hydroxylation is 1.